The summed E-state index contributed by atoms with van der Waals surface area (Å²) >= 11 is 0. The molecule has 0 bridgehead atoms. The molecule has 0 N–H and O–H groups in total. The van der Waals surface area contributed by atoms with Gasteiger partial charge in [-0.15, -0.1) is 0 Å². The third kappa shape index (κ3) is 4.28. The average Bonchev–Trinajstić information content (AvgIpc) is 2.72. The summed E-state index contributed by atoms with van der Waals surface area (Å²) in [6.45, 7) is 1.86. The Bertz CT molecular complexity index is 1080. The van der Waals surface area contributed by atoms with Crippen molar-refractivity contribution < 1.29 is 14.3 Å². The van der Waals surface area contributed by atoms with Crippen molar-refractivity contribution in [3.05, 3.63) is 95.1 Å². The Morgan fingerprint density at radius 2 is 1.68 bits per heavy atom. The first-order chi connectivity index (χ1) is 13.6. The van der Waals surface area contributed by atoms with E-state index in [0.29, 0.717) is 28.2 Å². The molecule has 0 aliphatic carbocycles. The zero-order valence-corrected chi connectivity index (χ0v) is 15.7. The minimum atomic E-state index is -0.413. The highest BCUT2D eigenvalue weighted by Crippen LogP contribution is 2.28. The second-order valence-corrected chi connectivity index (χ2v) is 6.15. The minimum Gasteiger partial charge on any atom is -0.496 e. The molecule has 138 valence electrons. The third-order valence-electron chi connectivity index (χ3n) is 4.26. The SMILES string of the molecule is COc1ccccc1/C(C#N)=C\c1cccc(OC(=O)c2ccccc2C)c1. The lowest BCUT2D eigenvalue weighted by Crippen LogP contribution is -2.10. The quantitative estimate of drug-likeness (QED) is 0.265. The van der Waals surface area contributed by atoms with E-state index in [9.17, 15) is 10.1 Å². The fraction of sp³-hybridized carbons (Fsp3) is 0.0833. The van der Waals surface area contributed by atoms with Gasteiger partial charge in [0, 0.05) is 5.56 Å². The van der Waals surface area contributed by atoms with Crippen molar-refractivity contribution in [1.82, 2.24) is 0 Å². The summed E-state index contributed by atoms with van der Waals surface area (Å²) in [5, 5.41) is 9.60. The number of nitrogens with zero attached hydrogens (tertiary/aromatic N) is 1. The molecule has 0 unspecified atom stereocenters. The van der Waals surface area contributed by atoms with E-state index in [2.05, 4.69) is 6.07 Å². The Balaban J connectivity index is 1.88. The molecule has 0 saturated heterocycles. The van der Waals surface area contributed by atoms with Crippen LogP contribution in [-0.2, 0) is 0 Å². The lowest BCUT2D eigenvalue weighted by molar-refractivity contribution is 0.0734. The molecule has 0 spiro atoms. The summed E-state index contributed by atoms with van der Waals surface area (Å²) in [4.78, 5) is 12.4. The van der Waals surface area contributed by atoms with Crippen LogP contribution >= 0.6 is 0 Å². The van der Waals surface area contributed by atoms with E-state index < -0.39 is 5.97 Å². The van der Waals surface area contributed by atoms with Crippen molar-refractivity contribution in [2.24, 2.45) is 0 Å². The number of methoxy groups -OCH3 is 1. The highest BCUT2D eigenvalue weighted by molar-refractivity contribution is 5.93. The number of para-hydroxylation sites is 1. The number of esters is 1. The van der Waals surface area contributed by atoms with Gasteiger partial charge < -0.3 is 9.47 Å². The fourth-order valence-corrected chi connectivity index (χ4v) is 2.84. The maximum atomic E-state index is 12.4. The van der Waals surface area contributed by atoms with Crippen LogP contribution in [0.3, 0.4) is 0 Å². The van der Waals surface area contributed by atoms with Crippen LogP contribution in [0, 0.1) is 18.3 Å². The van der Waals surface area contributed by atoms with Crippen molar-refractivity contribution in [3.8, 4) is 17.6 Å². The molecular formula is C24H19NO3. The van der Waals surface area contributed by atoms with E-state index >= 15 is 0 Å². The van der Waals surface area contributed by atoms with Gasteiger partial charge in [-0.05, 0) is 54.5 Å². The average molecular weight is 369 g/mol. The van der Waals surface area contributed by atoms with Crippen LogP contribution in [0.2, 0.25) is 0 Å². The zero-order chi connectivity index (χ0) is 19.9. The standard InChI is InChI=1S/C24H19NO3/c1-17-8-3-4-11-21(17)24(26)28-20-10-7-9-18(15-20)14-19(16-25)22-12-5-6-13-23(22)27-2/h3-15H,1-2H3/b19-14-. The van der Waals surface area contributed by atoms with E-state index in [1.807, 2.05) is 43.3 Å². The highest BCUT2D eigenvalue weighted by atomic mass is 16.5. The van der Waals surface area contributed by atoms with Crippen molar-refractivity contribution in [3.63, 3.8) is 0 Å². The van der Waals surface area contributed by atoms with Crippen LogP contribution in [-0.4, -0.2) is 13.1 Å². The predicted octanol–water partition coefficient (Wildman–Crippen LogP) is 5.29. The van der Waals surface area contributed by atoms with E-state index in [-0.39, 0.29) is 0 Å². The monoisotopic (exact) mass is 369 g/mol. The first kappa shape index (κ1) is 18.9. The number of hydrogen-bond donors (Lipinski definition) is 0. The molecule has 3 aromatic rings. The molecule has 3 aromatic carbocycles. The van der Waals surface area contributed by atoms with Gasteiger partial charge in [-0.2, -0.15) is 5.26 Å². The summed E-state index contributed by atoms with van der Waals surface area (Å²) in [7, 11) is 1.57. The smallest absolute Gasteiger partial charge is 0.343 e. The Labute approximate surface area is 164 Å². The van der Waals surface area contributed by atoms with E-state index in [4.69, 9.17) is 9.47 Å². The van der Waals surface area contributed by atoms with Crippen LogP contribution in [0.5, 0.6) is 11.5 Å². The van der Waals surface area contributed by atoms with Gasteiger partial charge in [-0.1, -0.05) is 42.5 Å². The number of carbonyl (C=O) groups is 1. The molecule has 28 heavy (non-hydrogen) atoms. The number of allylic oxidation sites excluding steroid dienone is 1. The molecular weight excluding hydrogens is 350 g/mol. The summed E-state index contributed by atoms with van der Waals surface area (Å²) in [5.41, 5.74) is 3.29. The number of ether oxygens (including phenoxy) is 2. The summed E-state index contributed by atoms with van der Waals surface area (Å²) in [6, 6.07) is 23.9. The number of benzene rings is 3. The van der Waals surface area contributed by atoms with Gasteiger partial charge in [0.2, 0.25) is 0 Å². The molecule has 4 heteroatoms. The van der Waals surface area contributed by atoms with E-state index in [0.717, 1.165) is 11.1 Å². The number of hydrogen-bond acceptors (Lipinski definition) is 4. The normalized spacial score (nSPS) is 10.8. The molecule has 4 nitrogen and oxygen atoms in total. The zero-order valence-electron chi connectivity index (χ0n) is 15.7. The van der Waals surface area contributed by atoms with Crippen LogP contribution in [0.1, 0.15) is 27.0 Å². The van der Waals surface area contributed by atoms with E-state index in [1.54, 1.807) is 49.6 Å². The molecule has 0 radical (unpaired) electrons. The van der Waals surface area contributed by atoms with Crippen molar-refractivity contribution in [1.29, 1.82) is 5.26 Å². The topological polar surface area (TPSA) is 59.3 Å². The first-order valence-corrected chi connectivity index (χ1v) is 8.75. The summed E-state index contributed by atoms with van der Waals surface area (Å²) < 4.78 is 10.9. The molecule has 0 aromatic heterocycles. The van der Waals surface area contributed by atoms with Crippen LogP contribution < -0.4 is 9.47 Å². The number of aryl methyl sites for hydroxylation is 1. The molecule has 0 atom stereocenters. The summed E-state index contributed by atoms with van der Waals surface area (Å²) in [5.74, 6) is 0.626. The Kier molecular flexibility index (Phi) is 5.88. The minimum absolute atomic E-state index is 0.413. The fourth-order valence-electron chi connectivity index (χ4n) is 2.84. The molecule has 0 amide bonds. The van der Waals surface area contributed by atoms with Crippen LogP contribution in [0.15, 0.2) is 72.8 Å². The Hall–Kier alpha value is -3.84. The molecule has 3 rings (SSSR count). The van der Waals surface area contributed by atoms with Crippen molar-refractivity contribution >= 4 is 17.6 Å². The van der Waals surface area contributed by atoms with Gasteiger partial charge >= 0.3 is 5.97 Å². The van der Waals surface area contributed by atoms with Crippen LogP contribution in [0.25, 0.3) is 11.6 Å². The molecule has 0 aliphatic heterocycles. The first-order valence-electron chi connectivity index (χ1n) is 8.75. The van der Waals surface area contributed by atoms with Gasteiger partial charge in [0.1, 0.15) is 11.5 Å². The van der Waals surface area contributed by atoms with Crippen molar-refractivity contribution in [2.75, 3.05) is 7.11 Å². The van der Waals surface area contributed by atoms with E-state index in [1.165, 1.54) is 0 Å². The van der Waals surface area contributed by atoms with Gasteiger partial charge in [0.05, 0.1) is 24.3 Å². The second-order valence-electron chi connectivity index (χ2n) is 6.15. The molecule has 0 heterocycles. The van der Waals surface area contributed by atoms with Gasteiger partial charge in [-0.3, -0.25) is 0 Å². The number of nitriles is 1. The van der Waals surface area contributed by atoms with Gasteiger partial charge in [-0.25, -0.2) is 4.79 Å². The predicted molar refractivity (Wildman–Crippen MR) is 109 cm³/mol. The molecule has 0 aliphatic rings. The van der Waals surface area contributed by atoms with Crippen LogP contribution in [0.4, 0.5) is 0 Å². The second kappa shape index (κ2) is 8.70. The Morgan fingerprint density at radius 3 is 2.39 bits per heavy atom. The highest BCUT2D eigenvalue weighted by Gasteiger charge is 2.12. The van der Waals surface area contributed by atoms with Crippen molar-refractivity contribution in [2.45, 2.75) is 6.92 Å². The Morgan fingerprint density at radius 1 is 0.964 bits per heavy atom. The third-order valence-corrected chi connectivity index (χ3v) is 4.26. The lowest BCUT2D eigenvalue weighted by Gasteiger charge is -2.08. The maximum Gasteiger partial charge on any atom is 0.343 e. The lowest BCUT2D eigenvalue weighted by atomic mass is 10.0. The van der Waals surface area contributed by atoms with Gasteiger partial charge in [0.15, 0.2) is 0 Å². The summed E-state index contributed by atoms with van der Waals surface area (Å²) in [6.07, 6.45) is 1.74. The molecule has 0 fully saturated rings. The maximum absolute atomic E-state index is 12.4. The number of rotatable bonds is 5. The molecule has 0 saturated carbocycles. The number of carbonyl (C=O) groups excluding carboxylic acids is 1. The van der Waals surface area contributed by atoms with Gasteiger partial charge in [0.25, 0.3) is 0 Å². The largest absolute Gasteiger partial charge is 0.496 e.